The van der Waals surface area contributed by atoms with Gasteiger partial charge < -0.3 is 14.2 Å². The summed E-state index contributed by atoms with van der Waals surface area (Å²) >= 11 is 3.44. The Morgan fingerprint density at radius 1 is 0.972 bits per heavy atom. The van der Waals surface area contributed by atoms with Crippen LogP contribution in [0.25, 0.3) is 11.2 Å². The second-order valence-corrected chi connectivity index (χ2v) is 9.38. The first-order valence-electron chi connectivity index (χ1n) is 11.4. The van der Waals surface area contributed by atoms with E-state index in [9.17, 15) is 9.59 Å². The van der Waals surface area contributed by atoms with Gasteiger partial charge in [0.2, 0.25) is 0 Å². The molecule has 2 aromatic heterocycles. The first kappa shape index (κ1) is 24.1. The number of carbonyl (C=O) groups excluding carboxylic acids is 2. The van der Waals surface area contributed by atoms with Crippen LogP contribution in [0.2, 0.25) is 0 Å². The summed E-state index contributed by atoms with van der Waals surface area (Å²) in [5, 5.41) is 0. The van der Waals surface area contributed by atoms with Gasteiger partial charge in [-0.2, -0.15) is 0 Å². The summed E-state index contributed by atoms with van der Waals surface area (Å²) in [4.78, 5) is 38.2. The highest BCUT2D eigenvalue weighted by Crippen LogP contribution is 2.35. The standard InChI is InChI=1S/C26H23BrN4O5/c1-15-3-7-17(8-4-15)25(32)34-12-20-19(36-26(33)18-9-5-16(2)6-10-18)11-21(35-20)31-14-30-24-22(31)23(27)28-13-29-24/h3-10,13-14,19-21H,11-12H2,1-2H3/t19-,20+,21+/m0/s1. The van der Waals surface area contributed by atoms with Crippen LogP contribution in [0, 0.1) is 13.8 Å². The SMILES string of the molecule is Cc1ccc(C(=O)OC[C@H]2O[C@@H](n3cnc4ncnc(Br)c43)C[C@@H]2OC(=O)c2ccc(C)cc2)cc1. The van der Waals surface area contributed by atoms with Crippen LogP contribution in [0.1, 0.15) is 44.5 Å². The third-order valence-corrected chi connectivity index (χ3v) is 6.60. The molecule has 0 aliphatic carbocycles. The van der Waals surface area contributed by atoms with E-state index in [1.807, 2.05) is 38.1 Å². The highest BCUT2D eigenvalue weighted by atomic mass is 79.9. The number of aryl methyl sites for hydroxylation is 2. The fraction of sp³-hybridized carbons (Fsp3) is 0.269. The Bertz CT molecular complexity index is 1400. The predicted molar refractivity (Wildman–Crippen MR) is 133 cm³/mol. The van der Waals surface area contributed by atoms with E-state index in [0.717, 1.165) is 11.1 Å². The summed E-state index contributed by atoms with van der Waals surface area (Å²) in [7, 11) is 0. The first-order chi connectivity index (χ1) is 17.4. The van der Waals surface area contributed by atoms with Gasteiger partial charge in [0.25, 0.3) is 0 Å². The second kappa shape index (κ2) is 10.2. The molecule has 0 bridgehead atoms. The number of esters is 2. The third-order valence-electron chi connectivity index (χ3n) is 6.02. The Labute approximate surface area is 215 Å². The van der Waals surface area contributed by atoms with E-state index in [1.165, 1.54) is 6.33 Å². The smallest absolute Gasteiger partial charge is 0.338 e. The molecule has 0 spiro atoms. The van der Waals surface area contributed by atoms with Crippen molar-refractivity contribution in [2.45, 2.75) is 38.7 Å². The van der Waals surface area contributed by atoms with Crippen LogP contribution >= 0.6 is 15.9 Å². The summed E-state index contributed by atoms with van der Waals surface area (Å²) in [6.45, 7) is 3.80. The quantitative estimate of drug-likeness (QED) is 0.254. The van der Waals surface area contributed by atoms with Gasteiger partial charge in [0.1, 0.15) is 41.5 Å². The first-order valence-corrected chi connectivity index (χ1v) is 12.2. The maximum Gasteiger partial charge on any atom is 0.338 e. The van der Waals surface area contributed by atoms with Gasteiger partial charge in [-0.15, -0.1) is 0 Å². The molecule has 1 aliphatic rings. The Morgan fingerprint density at radius 2 is 1.61 bits per heavy atom. The Kier molecular flexibility index (Phi) is 6.80. The molecule has 4 aromatic rings. The summed E-state index contributed by atoms with van der Waals surface area (Å²) in [6.07, 6.45) is 1.48. The van der Waals surface area contributed by atoms with Crippen molar-refractivity contribution in [3.05, 3.63) is 88.0 Å². The molecule has 9 nitrogen and oxygen atoms in total. The van der Waals surface area contributed by atoms with Crippen LogP contribution < -0.4 is 0 Å². The van der Waals surface area contributed by atoms with Crippen LogP contribution in [-0.4, -0.2) is 50.3 Å². The number of aromatic nitrogens is 4. The number of benzene rings is 2. The van der Waals surface area contributed by atoms with Gasteiger partial charge in [-0.25, -0.2) is 24.5 Å². The number of hydrogen-bond donors (Lipinski definition) is 0. The maximum atomic E-state index is 12.9. The summed E-state index contributed by atoms with van der Waals surface area (Å²) < 4.78 is 20.0. The number of nitrogens with zero attached hydrogens (tertiary/aromatic N) is 4. The van der Waals surface area contributed by atoms with Crippen LogP contribution in [0.15, 0.2) is 65.8 Å². The predicted octanol–water partition coefficient (Wildman–Crippen LogP) is 4.58. The van der Waals surface area contributed by atoms with E-state index in [4.69, 9.17) is 14.2 Å². The maximum absolute atomic E-state index is 12.9. The molecule has 1 aliphatic heterocycles. The van der Waals surface area contributed by atoms with Crippen molar-refractivity contribution in [1.29, 1.82) is 0 Å². The number of carbonyl (C=O) groups is 2. The zero-order chi connectivity index (χ0) is 25.2. The topological polar surface area (TPSA) is 105 Å². The van der Waals surface area contributed by atoms with Gasteiger partial charge in [0, 0.05) is 6.42 Å². The zero-order valence-corrected chi connectivity index (χ0v) is 21.2. The molecule has 3 atom stereocenters. The van der Waals surface area contributed by atoms with Crippen molar-refractivity contribution in [2.24, 2.45) is 0 Å². The van der Waals surface area contributed by atoms with Crippen LogP contribution in [0.5, 0.6) is 0 Å². The minimum absolute atomic E-state index is 0.0840. The molecule has 36 heavy (non-hydrogen) atoms. The molecule has 0 saturated carbocycles. The highest BCUT2D eigenvalue weighted by molar-refractivity contribution is 9.10. The van der Waals surface area contributed by atoms with Crippen molar-refractivity contribution in [3.8, 4) is 0 Å². The third kappa shape index (κ3) is 5.00. The highest BCUT2D eigenvalue weighted by Gasteiger charge is 2.40. The average molecular weight is 551 g/mol. The van der Waals surface area contributed by atoms with E-state index < -0.39 is 30.4 Å². The molecular formula is C26H23BrN4O5. The molecule has 0 amide bonds. The lowest BCUT2D eigenvalue weighted by molar-refractivity contribution is -0.0562. The molecule has 10 heteroatoms. The lowest BCUT2D eigenvalue weighted by Crippen LogP contribution is -2.32. The van der Waals surface area contributed by atoms with Gasteiger partial charge in [-0.05, 0) is 54.0 Å². The molecule has 184 valence electrons. The Morgan fingerprint density at radius 3 is 2.28 bits per heavy atom. The van der Waals surface area contributed by atoms with Crippen LogP contribution in [0.3, 0.4) is 0 Å². The molecule has 1 saturated heterocycles. The van der Waals surface area contributed by atoms with E-state index >= 15 is 0 Å². The number of halogens is 1. The molecule has 5 rings (SSSR count). The number of hydrogen-bond acceptors (Lipinski definition) is 8. The zero-order valence-electron chi connectivity index (χ0n) is 19.6. The summed E-state index contributed by atoms with van der Waals surface area (Å²) in [6, 6.07) is 14.2. The molecular weight excluding hydrogens is 528 g/mol. The van der Waals surface area contributed by atoms with Crippen LogP contribution in [0.4, 0.5) is 0 Å². The van der Waals surface area contributed by atoms with Crippen molar-refractivity contribution >= 4 is 39.0 Å². The minimum Gasteiger partial charge on any atom is -0.459 e. The van der Waals surface area contributed by atoms with E-state index in [2.05, 4.69) is 30.9 Å². The lowest BCUT2D eigenvalue weighted by atomic mass is 10.1. The fourth-order valence-corrected chi connectivity index (χ4v) is 4.50. The van der Waals surface area contributed by atoms with Crippen molar-refractivity contribution in [2.75, 3.05) is 6.61 Å². The summed E-state index contributed by atoms with van der Waals surface area (Å²) in [5.41, 5.74) is 4.11. The van der Waals surface area contributed by atoms with Crippen molar-refractivity contribution < 1.29 is 23.8 Å². The van der Waals surface area contributed by atoms with Crippen molar-refractivity contribution in [1.82, 2.24) is 19.5 Å². The number of fused-ring (bicyclic) bond motifs is 1. The molecule has 0 unspecified atom stereocenters. The minimum atomic E-state index is -0.681. The average Bonchev–Trinajstić information content (AvgIpc) is 3.48. The lowest BCUT2D eigenvalue weighted by Gasteiger charge is -2.19. The number of ether oxygens (including phenoxy) is 3. The summed E-state index contributed by atoms with van der Waals surface area (Å²) in [5.74, 6) is -0.950. The van der Waals surface area contributed by atoms with E-state index in [1.54, 1.807) is 35.2 Å². The normalized spacial score (nSPS) is 19.4. The molecule has 3 heterocycles. The van der Waals surface area contributed by atoms with Gasteiger partial charge in [0.15, 0.2) is 5.65 Å². The second-order valence-electron chi connectivity index (χ2n) is 8.63. The molecule has 0 N–H and O–H groups in total. The number of rotatable bonds is 6. The fourth-order valence-electron chi connectivity index (χ4n) is 4.03. The monoisotopic (exact) mass is 550 g/mol. The van der Waals surface area contributed by atoms with Gasteiger partial charge in [0.05, 0.1) is 17.5 Å². The van der Waals surface area contributed by atoms with Gasteiger partial charge in [-0.3, -0.25) is 4.57 Å². The Balaban J connectivity index is 1.36. The van der Waals surface area contributed by atoms with Gasteiger partial charge in [-0.1, -0.05) is 35.4 Å². The number of imidazole rings is 1. The largest absolute Gasteiger partial charge is 0.459 e. The van der Waals surface area contributed by atoms with Crippen LogP contribution in [-0.2, 0) is 14.2 Å². The molecule has 2 aromatic carbocycles. The van der Waals surface area contributed by atoms with Gasteiger partial charge >= 0.3 is 11.9 Å². The Hall–Kier alpha value is -3.63. The molecule has 0 radical (unpaired) electrons. The van der Waals surface area contributed by atoms with E-state index in [0.29, 0.717) is 33.3 Å². The van der Waals surface area contributed by atoms with Crippen molar-refractivity contribution in [3.63, 3.8) is 0 Å². The van der Waals surface area contributed by atoms with E-state index in [-0.39, 0.29) is 6.61 Å². The molecule has 1 fully saturated rings.